The van der Waals surface area contributed by atoms with Crippen molar-refractivity contribution >= 4 is 33.7 Å². The predicted octanol–water partition coefficient (Wildman–Crippen LogP) is 3.68. The van der Waals surface area contributed by atoms with Crippen molar-refractivity contribution in [2.24, 2.45) is 10.9 Å². The van der Waals surface area contributed by atoms with Gasteiger partial charge in [0, 0.05) is 18.1 Å². The first kappa shape index (κ1) is 17.5. The molecule has 3 atom stereocenters. The van der Waals surface area contributed by atoms with Crippen molar-refractivity contribution in [2.45, 2.75) is 45.1 Å². The van der Waals surface area contributed by atoms with E-state index in [1.807, 2.05) is 4.68 Å². The normalized spacial score (nSPS) is 25.6. The van der Waals surface area contributed by atoms with Crippen LogP contribution in [-0.4, -0.2) is 34.1 Å². The Morgan fingerprint density at radius 1 is 1.42 bits per heavy atom. The van der Waals surface area contributed by atoms with Gasteiger partial charge in [0.2, 0.25) is 0 Å². The number of nitrogens with two attached hydrogens (primary N) is 1. The van der Waals surface area contributed by atoms with Gasteiger partial charge in [-0.1, -0.05) is 38.0 Å². The summed E-state index contributed by atoms with van der Waals surface area (Å²) in [6, 6.07) is 8.64. The molecule has 3 unspecified atom stereocenters. The average molecular weight is 372 g/mol. The van der Waals surface area contributed by atoms with Crippen molar-refractivity contribution in [2.75, 3.05) is 18.2 Å². The summed E-state index contributed by atoms with van der Waals surface area (Å²) in [5.41, 5.74) is 3.45. The Hall–Kier alpha value is -1.95. The molecule has 1 aromatic heterocycles. The van der Waals surface area contributed by atoms with Crippen molar-refractivity contribution in [3.8, 4) is 0 Å². The summed E-state index contributed by atoms with van der Waals surface area (Å²) in [6.45, 7) is 4.11. The molecule has 0 amide bonds. The monoisotopic (exact) mass is 371 g/mol. The Bertz CT molecular complexity index is 873. The van der Waals surface area contributed by atoms with E-state index >= 15 is 0 Å². The highest BCUT2D eigenvalue weighted by Gasteiger charge is 2.29. The van der Waals surface area contributed by atoms with Crippen LogP contribution < -0.4 is 5.84 Å². The van der Waals surface area contributed by atoms with Gasteiger partial charge >= 0.3 is 5.97 Å². The topological polar surface area (TPSA) is 69.6 Å². The van der Waals surface area contributed by atoms with E-state index in [-0.39, 0.29) is 12.0 Å². The lowest BCUT2D eigenvalue weighted by Crippen LogP contribution is -2.17. The molecule has 5 nitrogen and oxygen atoms in total. The highest BCUT2D eigenvalue weighted by molar-refractivity contribution is 8.14. The van der Waals surface area contributed by atoms with Gasteiger partial charge in [-0.3, -0.25) is 14.5 Å². The third-order valence-electron chi connectivity index (χ3n) is 5.56. The number of ether oxygens (including phenoxy) is 1. The van der Waals surface area contributed by atoms with Crippen LogP contribution in [-0.2, 0) is 9.53 Å². The fourth-order valence-corrected chi connectivity index (χ4v) is 5.29. The first-order valence-electron chi connectivity index (χ1n) is 9.28. The molecule has 2 heterocycles. The van der Waals surface area contributed by atoms with E-state index in [9.17, 15) is 4.79 Å². The van der Waals surface area contributed by atoms with Crippen LogP contribution in [0.15, 0.2) is 29.3 Å². The van der Waals surface area contributed by atoms with Crippen LogP contribution in [0, 0.1) is 5.92 Å². The zero-order valence-electron chi connectivity index (χ0n) is 15.3. The molecule has 6 heteroatoms. The lowest BCUT2D eigenvalue weighted by Gasteiger charge is -2.18. The first-order chi connectivity index (χ1) is 12.5. The fourth-order valence-electron chi connectivity index (χ4n) is 4.24. The number of aliphatic imine (C=N–C) groups is 1. The molecule has 1 aliphatic heterocycles. The zero-order valence-corrected chi connectivity index (χ0v) is 16.1. The number of hydrogen-bond donors (Lipinski definition) is 1. The number of thioether (sulfide) groups is 1. The Balaban J connectivity index is 1.68. The predicted molar refractivity (Wildman–Crippen MR) is 107 cm³/mol. The van der Waals surface area contributed by atoms with Gasteiger partial charge in [0.25, 0.3) is 0 Å². The van der Waals surface area contributed by atoms with E-state index in [1.54, 1.807) is 11.8 Å². The zero-order chi connectivity index (χ0) is 18.3. The largest absolute Gasteiger partial charge is 0.464 e. The summed E-state index contributed by atoms with van der Waals surface area (Å²) in [4.78, 5) is 15.7. The van der Waals surface area contributed by atoms with Gasteiger partial charge in [-0.05, 0) is 29.9 Å². The molecular formula is C20H25N3O2S. The van der Waals surface area contributed by atoms with E-state index in [4.69, 9.17) is 15.6 Å². The van der Waals surface area contributed by atoms with E-state index < -0.39 is 0 Å². The lowest BCUT2D eigenvalue weighted by atomic mass is 9.89. The van der Waals surface area contributed by atoms with Crippen LogP contribution >= 0.6 is 11.8 Å². The molecule has 0 radical (unpaired) electrons. The number of carbonyl (C=O) groups excluding carboxylic acids is 1. The molecule has 0 bridgehead atoms. The molecule has 0 spiro atoms. The number of fused-ring (bicyclic) bond motifs is 1. The number of aromatic nitrogens is 1. The van der Waals surface area contributed by atoms with Crippen LogP contribution in [0.4, 0.5) is 0 Å². The van der Waals surface area contributed by atoms with E-state index in [2.05, 4.69) is 31.2 Å². The molecule has 138 valence electrons. The van der Waals surface area contributed by atoms with Crippen molar-refractivity contribution in [3.63, 3.8) is 0 Å². The third-order valence-corrected chi connectivity index (χ3v) is 6.70. The molecule has 2 aromatic rings. The molecule has 0 saturated heterocycles. The maximum Gasteiger partial charge on any atom is 0.302 e. The van der Waals surface area contributed by atoms with E-state index in [1.165, 1.54) is 37.1 Å². The summed E-state index contributed by atoms with van der Waals surface area (Å²) in [6.07, 6.45) is 3.82. The molecule has 4 rings (SSSR count). The number of nitrogens with zero attached hydrogens (tertiary/aromatic N) is 2. The Morgan fingerprint density at radius 2 is 2.27 bits per heavy atom. The second-order valence-electron chi connectivity index (χ2n) is 7.40. The van der Waals surface area contributed by atoms with E-state index in [0.29, 0.717) is 18.4 Å². The molecule has 1 saturated carbocycles. The van der Waals surface area contributed by atoms with Gasteiger partial charge in [0.05, 0.1) is 17.3 Å². The number of esters is 1. The minimum absolute atomic E-state index is 0.00577. The van der Waals surface area contributed by atoms with Crippen molar-refractivity contribution in [1.29, 1.82) is 0 Å². The first-order valence-corrected chi connectivity index (χ1v) is 10.3. The molecule has 26 heavy (non-hydrogen) atoms. The molecule has 1 aliphatic carbocycles. The maximum atomic E-state index is 11.0. The summed E-state index contributed by atoms with van der Waals surface area (Å²) < 4.78 is 6.92. The van der Waals surface area contributed by atoms with Gasteiger partial charge in [-0.2, -0.15) is 0 Å². The third kappa shape index (κ3) is 3.11. The highest BCUT2D eigenvalue weighted by atomic mass is 32.2. The van der Waals surface area contributed by atoms with Crippen LogP contribution in [0.2, 0.25) is 0 Å². The smallest absolute Gasteiger partial charge is 0.302 e. The fraction of sp³-hybridized carbons (Fsp3) is 0.500. The summed E-state index contributed by atoms with van der Waals surface area (Å²) >= 11 is 1.68. The summed E-state index contributed by atoms with van der Waals surface area (Å²) in [5.74, 6) is 8.37. The maximum absolute atomic E-state index is 11.0. The van der Waals surface area contributed by atoms with Crippen LogP contribution in [0.5, 0.6) is 0 Å². The van der Waals surface area contributed by atoms with Crippen molar-refractivity contribution in [1.82, 2.24) is 4.68 Å². The summed E-state index contributed by atoms with van der Waals surface area (Å²) in [7, 11) is 0. The quantitative estimate of drug-likeness (QED) is 0.657. The minimum atomic E-state index is -0.262. The number of hydrogen-bond acceptors (Lipinski definition) is 5. The van der Waals surface area contributed by atoms with Crippen LogP contribution in [0.25, 0.3) is 10.9 Å². The number of nitrogen functional groups attached to an aromatic ring is 1. The number of benzene rings is 1. The highest BCUT2D eigenvalue weighted by Crippen LogP contribution is 2.42. The van der Waals surface area contributed by atoms with Crippen molar-refractivity contribution < 1.29 is 9.53 Å². The van der Waals surface area contributed by atoms with Gasteiger partial charge in [0.15, 0.2) is 0 Å². The second kappa shape index (κ2) is 6.99. The Kier molecular flexibility index (Phi) is 4.69. The number of carbonyl (C=O) groups is 1. The van der Waals surface area contributed by atoms with Crippen LogP contribution in [0.1, 0.15) is 50.3 Å². The second-order valence-corrected chi connectivity index (χ2v) is 8.41. The van der Waals surface area contributed by atoms with Gasteiger partial charge in [-0.15, -0.1) is 11.8 Å². The van der Waals surface area contributed by atoms with Gasteiger partial charge < -0.3 is 10.6 Å². The number of para-hydroxylation sites is 1. The molecular weight excluding hydrogens is 346 g/mol. The Labute approximate surface area is 158 Å². The lowest BCUT2D eigenvalue weighted by molar-refractivity contribution is -0.141. The number of rotatable bonds is 4. The average Bonchev–Trinajstić information content (AvgIpc) is 3.32. The van der Waals surface area contributed by atoms with Gasteiger partial charge in [0.1, 0.15) is 11.7 Å². The van der Waals surface area contributed by atoms with E-state index in [0.717, 1.165) is 22.0 Å². The van der Waals surface area contributed by atoms with Crippen molar-refractivity contribution in [3.05, 3.63) is 35.5 Å². The van der Waals surface area contributed by atoms with Gasteiger partial charge in [-0.25, -0.2) is 0 Å². The SMILES string of the molecule is CC(=O)OCC1CSC(c2cc3cccc(C4CCCC4C)c3n2N)=N1. The Morgan fingerprint density at radius 3 is 3.00 bits per heavy atom. The van der Waals surface area contributed by atoms with Crippen LogP contribution in [0.3, 0.4) is 0 Å². The molecule has 2 N–H and O–H groups in total. The molecule has 1 fully saturated rings. The standard InChI is InChI=1S/C20H25N3O2S/c1-12-5-3-7-16(12)17-8-4-6-14-9-18(23(21)19(14)17)20-22-15(11-26-20)10-25-13(2)24/h4,6,8-9,12,15-16H,3,5,7,10-11,21H2,1-2H3. The molecule has 1 aromatic carbocycles. The summed E-state index contributed by atoms with van der Waals surface area (Å²) in [5, 5.41) is 2.11. The molecule has 2 aliphatic rings. The minimum Gasteiger partial charge on any atom is -0.464 e.